The summed E-state index contributed by atoms with van der Waals surface area (Å²) in [5.74, 6) is 0. The van der Waals surface area contributed by atoms with Gasteiger partial charge in [-0.3, -0.25) is 0 Å². The Balaban J connectivity index is 1.80. The van der Waals surface area contributed by atoms with Gasteiger partial charge in [0.2, 0.25) is 0 Å². The van der Waals surface area contributed by atoms with Gasteiger partial charge in [-0.15, -0.1) is 0 Å². The van der Waals surface area contributed by atoms with Crippen LogP contribution in [0.15, 0.2) is 52.8 Å². The molecule has 108 valence electrons. The molecule has 3 rings (SSSR count). The third-order valence-corrected chi connectivity index (χ3v) is 4.10. The van der Waals surface area contributed by atoms with Gasteiger partial charge in [-0.05, 0) is 48.5 Å². The van der Waals surface area contributed by atoms with Crippen LogP contribution in [0.4, 0.5) is 0 Å². The number of benzene rings is 1. The molecule has 0 spiro atoms. The van der Waals surface area contributed by atoms with E-state index in [-0.39, 0.29) is 0 Å². The Bertz CT molecular complexity index is 690. The molecule has 1 aromatic carbocycles. The first kappa shape index (κ1) is 14.1. The minimum atomic E-state index is 0.838. The summed E-state index contributed by atoms with van der Waals surface area (Å²) in [5, 5.41) is 5.30. The van der Waals surface area contributed by atoms with E-state index >= 15 is 0 Å². The standard InChI is InChI=1S/C16H18N4S/c1-2-9-17-11-12-6-5-10-18-15(12)21-16-19-13-7-3-4-8-14(13)20-16/h3-8,10,17H,2,9,11H2,1H3,(H,19,20). The molecule has 5 heteroatoms. The third kappa shape index (κ3) is 3.43. The number of para-hydroxylation sites is 2. The molecule has 0 saturated carbocycles. The van der Waals surface area contributed by atoms with Crippen molar-refractivity contribution in [2.75, 3.05) is 6.54 Å². The third-order valence-electron chi connectivity index (χ3n) is 3.15. The van der Waals surface area contributed by atoms with Gasteiger partial charge < -0.3 is 10.3 Å². The fourth-order valence-electron chi connectivity index (χ4n) is 2.12. The highest BCUT2D eigenvalue weighted by Gasteiger charge is 2.09. The lowest BCUT2D eigenvalue weighted by molar-refractivity contribution is 0.665. The molecule has 3 aromatic rings. The Morgan fingerprint density at radius 2 is 2.10 bits per heavy atom. The molecular formula is C16H18N4S. The first-order valence-corrected chi connectivity index (χ1v) is 7.95. The fraction of sp³-hybridized carbons (Fsp3) is 0.250. The van der Waals surface area contributed by atoms with Gasteiger partial charge in [0, 0.05) is 12.7 Å². The van der Waals surface area contributed by atoms with E-state index in [1.165, 1.54) is 5.56 Å². The molecule has 0 radical (unpaired) electrons. The monoisotopic (exact) mass is 298 g/mol. The van der Waals surface area contributed by atoms with Crippen molar-refractivity contribution < 1.29 is 0 Å². The number of hydrogen-bond donors (Lipinski definition) is 2. The zero-order valence-corrected chi connectivity index (χ0v) is 12.8. The summed E-state index contributed by atoms with van der Waals surface area (Å²) in [4.78, 5) is 12.4. The van der Waals surface area contributed by atoms with E-state index in [0.717, 1.165) is 40.7 Å². The Morgan fingerprint density at radius 3 is 2.95 bits per heavy atom. The van der Waals surface area contributed by atoms with Crippen molar-refractivity contribution in [2.45, 2.75) is 30.1 Å². The Labute approximate surface area is 128 Å². The van der Waals surface area contributed by atoms with Crippen molar-refractivity contribution in [3.8, 4) is 0 Å². The number of aromatic amines is 1. The van der Waals surface area contributed by atoms with Gasteiger partial charge in [0.1, 0.15) is 5.03 Å². The largest absolute Gasteiger partial charge is 0.333 e. The van der Waals surface area contributed by atoms with Crippen LogP contribution in [0.1, 0.15) is 18.9 Å². The summed E-state index contributed by atoms with van der Waals surface area (Å²) >= 11 is 1.58. The highest BCUT2D eigenvalue weighted by molar-refractivity contribution is 7.99. The van der Waals surface area contributed by atoms with Crippen LogP contribution in [0.5, 0.6) is 0 Å². The molecular weight excluding hydrogens is 280 g/mol. The molecule has 2 heterocycles. The van der Waals surface area contributed by atoms with Crippen molar-refractivity contribution in [1.29, 1.82) is 0 Å². The van der Waals surface area contributed by atoms with Crippen molar-refractivity contribution in [3.63, 3.8) is 0 Å². The maximum Gasteiger partial charge on any atom is 0.172 e. The van der Waals surface area contributed by atoms with Crippen LogP contribution in [0.25, 0.3) is 11.0 Å². The van der Waals surface area contributed by atoms with Crippen molar-refractivity contribution >= 4 is 22.8 Å². The molecule has 0 aliphatic rings. The quantitative estimate of drug-likeness (QED) is 0.683. The second-order valence-corrected chi connectivity index (χ2v) is 5.78. The highest BCUT2D eigenvalue weighted by Crippen LogP contribution is 2.28. The predicted octanol–water partition coefficient (Wildman–Crippen LogP) is 3.61. The van der Waals surface area contributed by atoms with Crippen LogP contribution in [0.3, 0.4) is 0 Å². The van der Waals surface area contributed by atoms with Crippen LogP contribution in [0.2, 0.25) is 0 Å². The molecule has 0 aliphatic heterocycles. The summed E-state index contributed by atoms with van der Waals surface area (Å²) in [6.07, 6.45) is 2.96. The van der Waals surface area contributed by atoms with Crippen molar-refractivity contribution in [1.82, 2.24) is 20.3 Å². The Morgan fingerprint density at radius 1 is 1.19 bits per heavy atom. The van der Waals surface area contributed by atoms with Gasteiger partial charge in [-0.2, -0.15) is 0 Å². The summed E-state index contributed by atoms with van der Waals surface area (Å²) in [6.45, 7) is 4.02. The molecule has 0 atom stereocenters. The van der Waals surface area contributed by atoms with Gasteiger partial charge >= 0.3 is 0 Å². The SMILES string of the molecule is CCCNCc1cccnc1Sc1nc2ccccc2[nH]1. The molecule has 0 fully saturated rings. The van der Waals surface area contributed by atoms with E-state index < -0.39 is 0 Å². The van der Waals surface area contributed by atoms with E-state index in [4.69, 9.17) is 0 Å². The summed E-state index contributed by atoms with van der Waals surface area (Å²) in [5.41, 5.74) is 3.25. The fourth-order valence-corrected chi connectivity index (χ4v) is 2.99. The van der Waals surface area contributed by atoms with Gasteiger partial charge in [0.25, 0.3) is 0 Å². The number of pyridine rings is 1. The first-order chi connectivity index (χ1) is 10.4. The molecule has 4 nitrogen and oxygen atoms in total. The smallest absolute Gasteiger partial charge is 0.172 e. The van der Waals surface area contributed by atoms with Crippen LogP contribution >= 0.6 is 11.8 Å². The van der Waals surface area contributed by atoms with Crippen LogP contribution in [-0.4, -0.2) is 21.5 Å². The molecule has 2 N–H and O–H groups in total. The maximum atomic E-state index is 4.59. The number of H-pyrrole nitrogens is 1. The lowest BCUT2D eigenvalue weighted by Crippen LogP contribution is -2.14. The minimum Gasteiger partial charge on any atom is -0.333 e. The number of nitrogens with zero attached hydrogens (tertiary/aromatic N) is 2. The second kappa shape index (κ2) is 6.74. The van der Waals surface area contributed by atoms with Crippen molar-refractivity contribution in [2.24, 2.45) is 0 Å². The van der Waals surface area contributed by atoms with E-state index in [1.54, 1.807) is 11.8 Å². The van der Waals surface area contributed by atoms with E-state index in [9.17, 15) is 0 Å². The van der Waals surface area contributed by atoms with Gasteiger partial charge in [-0.25, -0.2) is 9.97 Å². The second-order valence-electron chi connectivity index (χ2n) is 4.81. The molecule has 0 saturated heterocycles. The van der Waals surface area contributed by atoms with E-state index in [0.29, 0.717) is 0 Å². The maximum absolute atomic E-state index is 4.59. The molecule has 2 aromatic heterocycles. The normalized spacial score (nSPS) is 11.1. The minimum absolute atomic E-state index is 0.838. The zero-order chi connectivity index (χ0) is 14.5. The summed E-state index contributed by atoms with van der Waals surface area (Å²) in [7, 11) is 0. The van der Waals surface area contributed by atoms with Crippen molar-refractivity contribution in [3.05, 3.63) is 48.2 Å². The molecule has 0 unspecified atom stereocenters. The Kier molecular flexibility index (Phi) is 4.52. The topological polar surface area (TPSA) is 53.6 Å². The number of hydrogen-bond acceptors (Lipinski definition) is 4. The summed E-state index contributed by atoms with van der Waals surface area (Å²) < 4.78 is 0. The lowest BCUT2D eigenvalue weighted by atomic mass is 10.3. The molecule has 21 heavy (non-hydrogen) atoms. The molecule has 0 amide bonds. The number of fused-ring (bicyclic) bond motifs is 1. The predicted molar refractivity (Wildman–Crippen MR) is 86.5 cm³/mol. The number of nitrogens with one attached hydrogen (secondary N) is 2. The number of rotatable bonds is 6. The number of imidazole rings is 1. The first-order valence-electron chi connectivity index (χ1n) is 7.14. The van der Waals surface area contributed by atoms with Crippen LogP contribution in [-0.2, 0) is 6.54 Å². The highest BCUT2D eigenvalue weighted by atomic mass is 32.2. The lowest BCUT2D eigenvalue weighted by Gasteiger charge is -2.07. The molecule has 0 bridgehead atoms. The van der Waals surface area contributed by atoms with E-state index in [1.807, 2.05) is 36.5 Å². The molecule has 0 aliphatic carbocycles. The zero-order valence-electron chi connectivity index (χ0n) is 12.0. The average Bonchev–Trinajstić information content (AvgIpc) is 2.91. The Hall–Kier alpha value is -1.85. The average molecular weight is 298 g/mol. The van der Waals surface area contributed by atoms with Crippen LogP contribution in [0, 0.1) is 0 Å². The number of aromatic nitrogens is 3. The van der Waals surface area contributed by atoms with Gasteiger partial charge in [0.15, 0.2) is 5.16 Å². The van der Waals surface area contributed by atoms with Gasteiger partial charge in [0.05, 0.1) is 11.0 Å². The summed E-state index contributed by atoms with van der Waals surface area (Å²) in [6, 6.07) is 12.1. The van der Waals surface area contributed by atoms with E-state index in [2.05, 4.69) is 33.3 Å². The van der Waals surface area contributed by atoms with Crippen LogP contribution < -0.4 is 5.32 Å². The van der Waals surface area contributed by atoms with Gasteiger partial charge in [-0.1, -0.05) is 25.1 Å².